The molecule has 0 spiro atoms. The minimum absolute atomic E-state index is 0.135. The van der Waals surface area contributed by atoms with Gasteiger partial charge in [0.05, 0.1) is 22.3 Å². The molecule has 0 heterocycles. The Bertz CT molecular complexity index is 1270. The predicted molar refractivity (Wildman–Crippen MR) is 128 cm³/mol. The standard InChI is InChI=1S/C25H24O14/c1-11(2)21(32)36-9-25(38-23(34)13(5)6,10-37-22(33)12(3)4)39-24(35)17-8-15(19(28)29)14(18(26)27)7-16(17)20(30)31/h7-8H,1,3,5,9-10H2,2,4,6H3,(H,26,27)(H,28,29)(H,30,31). The summed E-state index contributed by atoms with van der Waals surface area (Å²) in [6.07, 6.45) is 0. The van der Waals surface area contributed by atoms with E-state index in [0.717, 1.165) is 0 Å². The van der Waals surface area contributed by atoms with Crippen molar-refractivity contribution in [3.8, 4) is 0 Å². The third-order valence-electron chi connectivity index (χ3n) is 4.52. The molecule has 14 nitrogen and oxygen atoms in total. The molecule has 0 aliphatic carbocycles. The van der Waals surface area contributed by atoms with Crippen LogP contribution >= 0.6 is 0 Å². The Morgan fingerprint density at radius 1 is 0.615 bits per heavy atom. The lowest BCUT2D eigenvalue weighted by Gasteiger charge is -2.32. The van der Waals surface area contributed by atoms with E-state index in [9.17, 15) is 48.9 Å². The lowest BCUT2D eigenvalue weighted by atomic mass is 9.98. The Hall–Kier alpha value is -5.27. The van der Waals surface area contributed by atoms with Gasteiger partial charge in [-0.15, -0.1) is 0 Å². The van der Waals surface area contributed by atoms with Crippen molar-refractivity contribution in [2.24, 2.45) is 0 Å². The number of benzene rings is 1. The zero-order valence-corrected chi connectivity index (χ0v) is 21.0. The summed E-state index contributed by atoms with van der Waals surface area (Å²) >= 11 is 0. The molecule has 0 fully saturated rings. The van der Waals surface area contributed by atoms with E-state index in [1.165, 1.54) is 20.8 Å². The average Bonchev–Trinajstić information content (AvgIpc) is 2.84. The molecule has 1 rings (SSSR count). The first kappa shape index (κ1) is 31.8. The molecule has 0 radical (unpaired) electrons. The average molecular weight is 548 g/mol. The highest BCUT2D eigenvalue weighted by Gasteiger charge is 2.44. The number of carbonyl (C=O) groups excluding carboxylic acids is 4. The van der Waals surface area contributed by atoms with Crippen molar-refractivity contribution >= 4 is 41.8 Å². The topological polar surface area (TPSA) is 217 Å². The molecule has 1 aromatic rings. The summed E-state index contributed by atoms with van der Waals surface area (Å²) < 4.78 is 20.2. The number of hydrogen-bond donors (Lipinski definition) is 3. The van der Waals surface area contributed by atoms with Crippen LogP contribution in [0.15, 0.2) is 48.6 Å². The Kier molecular flexibility index (Phi) is 10.4. The molecule has 0 saturated heterocycles. The fraction of sp³-hybridized carbons (Fsp3) is 0.240. The van der Waals surface area contributed by atoms with Crippen LogP contribution in [0.2, 0.25) is 0 Å². The van der Waals surface area contributed by atoms with Crippen LogP contribution in [0.1, 0.15) is 62.2 Å². The van der Waals surface area contributed by atoms with E-state index in [4.69, 9.17) is 18.9 Å². The van der Waals surface area contributed by atoms with Gasteiger partial charge < -0.3 is 34.3 Å². The second kappa shape index (κ2) is 12.8. The van der Waals surface area contributed by atoms with Crippen molar-refractivity contribution in [3.05, 3.63) is 70.8 Å². The zero-order valence-electron chi connectivity index (χ0n) is 21.0. The van der Waals surface area contributed by atoms with Crippen molar-refractivity contribution in [3.63, 3.8) is 0 Å². The first-order chi connectivity index (χ1) is 17.9. The highest BCUT2D eigenvalue weighted by molar-refractivity contribution is 6.09. The van der Waals surface area contributed by atoms with Gasteiger partial charge in [-0.1, -0.05) is 19.7 Å². The Balaban J connectivity index is 3.78. The van der Waals surface area contributed by atoms with E-state index in [1.54, 1.807) is 0 Å². The largest absolute Gasteiger partial charge is 0.478 e. The van der Waals surface area contributed by atoms with Crippen molar-refractivity contribution in [1.29, 1.82) is 0 Å². The summed E-state index contributed by atoms with van der Waals surface area (Å²) in [6.45, 7) is 11.6. The minimum atomic E-state index is -2.77. The molecule has 208 valence electrons. The van der Waals surface area contributed by atoms with Crippen molar-refractivity contribution in [1.82, 2.24) is 0 Å². The Morgan fingerprint density at radius 2 is 0.949 bits per heavy atom. The summed E-state index contributed by atoms with van der Waals surface area (Å²) in [5.41, 5.74) is -4.45. The van der Waals surface area contributed by atoms with Crippen molar-refractivity contribution < 1.29 is 67.8 Å². The fourth-order valence-corrected chi connectivity index (χ4v) is 2.56. The summed E-state index contributed by atoms with van der Waals surface area (Å²) in [5, 5.41) is 28.2. The molecule has 0 bridgehead atoms. The summed E-state index contributed by atoms with van der Waals surface area (Å²) in [5.74, 6) is -13.3. The Labute approximate surface area is 220 Å². The van der Waals surface area contributed by atoms with E-state index < -0.39 is 83.0 Å². The first-order valence-corrected chi connectivity index (χ1v) is 10.6. The van der Waals surface area contributed by atoms with Gasteiger partial charge in [0.25, 0.3) is 0 Å². The van der Waals surface area contributed by atoms with Crippen LogP contribution in [0.5, 0.6) is 0 Å². The minimum Gasteiger partial charge on any atom is -0.478 e. The van der Waals surface area contributed by atoms with Crippen LogP contribution in [0.4, 0.5) is 0 Å². The van der Waals surface area contributed by atoms with Gasteiger partial charge in [0, 0.05) is 16.7 Å². The third kappa shape index (κ3) is 8.38. The molecular weight excluding hydrogens is 524 g/mol. The van der Waals surface area contributed by atoms with Gasteiger partial charge in [0.15, 0.2) is 13.2 Å². The molecule has 39 heavy (non-hydrogen) atoms. The summed E-state index contributed by atoms with van der Waals surface area (Å²) in [4.78, 5) is 84.5. The van der Waals surface area contributed by atoms with Gasteiger partial charge in [-0.3, -0.25) is 0 Å². The van der Waals surface area contributed by atoms with Gasteiger partial charge in [0.2, 0.25) is 0 Å². The number of carboxylic acids is 3. The molecule has 0 amide bonds. The number of ether oxygens (including phenoxy) is 4. The zero-order chi connectivity index (χ0) is 30.2. The number of rotatable bonds is 13. The molecule has 0 atom stereocenters. The van der Waals surface area contributed by atoms with E-state index >= 15 is 0 Å². The molecule has 0 aliphatic rings. The van der Waals surface area contributed by atoms with Crippen LogP contribution in [-0.4, -0.2) is 76.1 Å². The van der Waals surface area contributed by atoms with Crippen LogP contribution < -0.4 is 0 Å². The fourth-order valence-electron chi connectivity index (χ4n) is 2.56. The van der Waals surface area contributed by atoms with E-state index in [0.29, 0.717) is 12.1 Å². The normalized spacial score (nSPS) is 10.4. The van der Waals surface area contributed by atoms with E-state index in [-0.39, 0.29) is 16.7 Å². The third-order valence-corrected chi connectivity index (χ3v) is 4.52. The highest BCUT2D eigenvalue weighted by atomic mass is 16.8. The van der Waals surface area contributed by atoms with Crippen LogP contribution in [0.25, 0.3) is 0 Å². The van der Waals surface area contributed by atoms with Gasteiger partial charge in [-0.25, -0.2) is 33.6 Å². The van der Waals surface area contributed by atoms with E-state index in [2.05, 4.69) is 19.7 Å². The number of aromatic carboxylic acids is 3. The number of carboxylic acid groups (broad SMARTS) is 3. The molecule has 3 N–H and O–H groups in total. The SMILES string of the molecule is C=C(C)C(=O)OCC(COC(=O)C(=C)C)(OC(=O)C(=C)C)OC(=O)c1cc(C(=O)O)c(C(=O)O)cc1C(=O)O. The van der Waals surface area contributed by atoms with Gasteiger partial charge in [-0.05, 0) is 32.9 Å². The van der Waals surface area contributed by atoms with Crippen LogP contribution in [0.3, 0.4) is 0 Å². The second-order valence-corrected chi connectivity index (χ2v) is 8.04. The van der Waals surface area contributed by atoms with Gasteiger partial charge >= 0.3 is 47.6 Å². The van der Waals surface area contributed by atoms with Crippen molar-refractivity contribution in [2.45, 2.75) is 26.6 Å². The van der Waals surface area contributed by atoms with Gasteiger partial charge in [-0.2, -0.15) is 0 Å². The maximum Gasteiger partial charge on any atom is 0.342 e. The lowest BCUT2D eigenvalue weighted by molar-refractivity contribution is -0.241. The molecule has 0 aromatic heterocycles. The van der Waals surface area contributed by atoms with Crippen LogP contribution in [-0.2, 0) is 33.3 Å². The van der Waals surface area contributed by atoms with Gasteiger partial charge in [0.1, 0.15) is 0 Å². The van der Waals surface area contributed by atoms with Crippen LogP contribution in [0, 0.1) is 0 Å². The predicted octanol–water partition coefficient (Wildman–Crippen LogP) is 1.99. The number of carbonyl (C=O) groups is 7. The van der Waals surface area contributed by atoms with E-state index in [1.807, 2.05) is 0 Å². The smallest absolute Gasteiger partial charge is 0.342 e. The molecule has 0 unspecified atom stereocenters. The lowest BCUT2D eigenvalue weighted by Crippen LogP contribution is -2.49. The summed E-state index contributed by atoms with van der Waals surface area (Å²) in [7, 11) is 0. The molecular formula is C25H24O14. The maximum absolute atomic E-state index is 13.2. The second-order valence-electron chi connectivity index (χ2n) is 8.04. The first-order valence-electron chi connectivity index (χ1n) is 10.6. The molecule has 1 aromatic carbocycles. The Morgan fingerprint density at radius 3 is 1.28 bits per heavy atom. The number of hydrogen-bond acceptors (Lipinski definition) is 11. The number of esters is 4. The molecule has 0 aliphatic heterocycles. The summed E-state index contributed by atoms with van der Waals surface area (Å²) in [6, 6.07) is 0.831. The maximum atomic E-state index is 13.2. The quantitative estimate of drug-likeness (QED) is 0.139. The highest BCUT2D eigenvalue weighted by Crippen LogP contribution is 2.25. The van der Waals surface area contributed by atoms with Crippen molar-refractivity contribution in [2.75, 3.05) is 13.2 Å². The monoisotopic (exact) mass is 548 g/mol. The molecule has 0 saturated carbocycles. The molecule has 14 heteroatoms.